The minimum absolute atomic E-state index is 0.143. The normalized spacial score (nSPS) is 11.4. The van der Waals surface area contributed by atoms with Gasteiger partial charge in [0.1, 0.15) is 0 Å². The molecule has 0 rings (SSSR count). The van der Waals surface area contributed by atoms with Crippen LogP contribution in [0.25, 0.3) is 0 Å². The van der Waals surface area contributed by atoms with Crippen LogP contribution >= 0.6 is 0 Å². The molecule has 0 aliphatic rings. The summed E-state index contributed by atoms with van der Waals surface area (Å²) >= 11 is 0. The first-order valence-corrected chi connectivity index (χ1v) is 9.87. The van der Waals surface area contributed by atoms with Crippen molar-refractivity contribution in [1.82, 2.24) is 10.2 Å². The van der Waals surface area contributed by atoms with Gasteiger partial charge in [-0.1, -0.05) is 18.6 Å². The fourth-order valence-corrected chi connectivity index (χ4v) is 2.77. The van der Waals surface area contributed by atoms with Gasteiger partial charge in [-0.15, -0.1) is 13.2 Å². The SMILES string of the molecule is C=CCCC[C@H](CC(=O)O)C(=O)NCCCCCC(=O)N(C)CCCC=C. The van der Waals surface area contributed by atoms with Crippen molar-refractivity contribution in [2.24, 2.45) is 5.92 Å². The lowest BCUT2D eigenvalue weighted by molar-refractivity contribution is -0.141. The van der Waals surface area contributed by atoms with E-state index in [0.717, 1.165) is 51.5 Å². The number of nitrogens with one attached hydrogen (secondary N) is 1. The number of carbonyl (C=O) groups is 3. The largest absolute Gasteiger partial charge is 0.481 e. The Labute approximate surface area is 163 Å². The topological polar surface area (TPSA) is 86.7 Å². The van der Waals surface area contributed by atoms with E-state index < -0.39 is 11.9 Å². The molecule has 0 aromatic heterocycles. The molecule has 0 heterocycles. The third-order valence-electron chi connectivity index (χ3n) is 4.45. The fourth-order valence-electron chi connectivity index (χ4n) is 2.77. The van der Waals surface area contributed by atoms with E-state index >= 15 is 0 Å². The van der Waals surface area contributed by atoms with E-state index in [9.17, 15) is 14.4 Å². The Bertz CT molecular complexity index is 477. The molecule has 0 radical (unpaired) electrons. The van der Waals surface area contributed by atoms with Crippen LogP contribution in [0.3, 0.4) is 0 Å². The molecule has 0 fully saturated rings. The van der Waals surface area contributed by atoms with Crippen LogP contribution in [0.5, 0.6) is 0 Å². The summed E-state index contributed by atoms with van der Waals surface area (Å²) in [4.78, 5) is 36.8. The summed E-state index contributed by atoms with van der Waals surface area (Å²) in [6.45, 7) is 8.57. The summed E-state index contributed by atoms with van der Waals surface area (Å²) in [5.74, 6) is -1.50. The molecule has 27 heavy (non-hydrogen) atoms. The molecule has 6 heteroatoms. The number of aliphatic carboxylic acids is 1. The molecule has 154 valence electrons. The number of carbonyl (C=O) groups excluding carboxylic acids is 2. The molecule has 2 N–H and O–H groups in total. The van der Waals surface area contributed by atoms with Crippen LogP contribution in [0.4, 0.5) is 0 Å². The first kappa shape index (κ1) is 24.9. The van der Waals surface area contributed by atoms with Gasteiger partial charge in [0.25, 0.3) is 0 Å². The Hall–Kier alpha value is -2.11. The summed E-state index contributed by atoms with van der Waals surface area (Å²) in [6.07, 6.45) is 10.4. The molecule has 0 aromatic rings. The molecular weight excluding hydrogens is 344 g/mol. The highest BCUT2D eigenvalue weighted by molar-refractivity contribution is 5.83. The van der Waals surface area contributed by atoms with Gasteiger partial charge in [-0.2, -0.15) is 0 Å². The van der Waals surface area contributed by atoms with Crippen LogP contribution in [-0.4, -0.2) is 47.9 Å². The Morgan fingerprint density at radius 3 is 2.33 bits per heavy atom. The molecule has 0 saturated heterocycles. The lowest BCUT2D eigenvalue weighted by atomic mass is 9.97. The number of amides is 2. The third kappa shape index (κ3) is 13.7. The quantitative estimate of drug-likeness (QED) is 0.298. The van der Waals surface area contributed by atoms with Crippen molar-refractivity contribution in [2.45, 2.75) is 64.2 Å². The molecule has 0 saturated carbocycles. The van der Waals surface area contributed by atoms with Crippen LogP contribution in [0, 0.1) is 5.92 Å². The third-order valence-corrected chi connectivity index (χ3v) is 4.45. The van der Waals surface area contributed by atoms with Crippen molar-refractivity contribution >= 4 is 17.8 Å². The van der Waals surface area contributed by atoms with Gasteiger partial charge in [0.05, 0.1) is 6.42 Å². The van der Waals surface area contributed by atoms with E-state index in [-0.39, 0.29) is 18.2 Å². The maximum absolute atomic E-state index is 12.2. The Kier molecular flexibility index (Phi) is 14.8. The molecule has 0 bridgehead atoms. The Morgan fingerprint density at radius 1 is 1.04 bits per heavy atom. The first-order valence-electron chi connectivity index (χ1n) is 9.87. The zero-order valence-corrected chi connectivity index (χ0v) is 16.8. The minimum atomic E-state index is -0.954. The highest BCUT2D eigenvalue weighted by Crippen LogP contribution is 2.14. The minimum Gasteiger partial charge on any atom is -0.481 e. The second kappa shape index (κ2) is 16.1. The number of carboxylic acids is 1. The zero-order chi connectivity index (χ0) is 20.5. The number of hydrogen-bond donors (Lipinski definition) is 2. The molecule has 0 aromatic carbocycles. The number of hydrogen-bond acceptors (Lipinski definition) is 3. The number of rotatable bonds is 17. The lowest BCUT2D eigenvalue weighted by Gasteiger charge is -2.17. The van der Waals surface area contributed by atoms with Crippen molar-refractivity contribution in [3.8, 4) is 0 Å². The number of allylic oxidation sites excluding steroid dienone is 2. The van der Waals surface area contributed by atoms with Crippen LogP contribution in [0.2, 0.25) is 0 Å². The standard InChI is InChI=1S/C21H36N2O4/c1-4-6-9-13-18(17-20(25)26)21(27)22-15-11-8-10-14-19(24)23(3)16-12-7-5-2/h4-5,18H,1-2,6-17H2,3H3,(H,22,27)(H,25,26)/t18-/m1/s1. The predicted molar refractivity (Wildman–Crippen MR) is 108 cm³/mol. The summed E-state index contributed by atoms with van der Waals surface area (Å²) in [5, 5.41) is 11.8. The lowest BCUT2D eigenvalue weighted by Crippen LogP contribution is -2.32. The van der Waals surface area contributed by atoms with Crippen molar-refractivity contribution in [3.05, 3.63) is 25.3 Å². The monoisotopic (exact) mass is 380 g/mol. The van der Waals surface area contributed by atoms with E-state index in [1.165, 1.54) is 0 Å². The van der Waals surface area contributed by atoms with Crippen molar-refractivity contribution in [2.75, 3.05) is 20.1 Å². The van der Waals surface area contributed by atoms with E-state index in [4.69, 9.17) is 5.11 Å². The molecule has 6 nitrogen and oxygen atoms in total. The van der Waals surface area contributed by atoms with Gasteiger partial charge < -0.3 is 15.3 Å². The Balaban J connectivity index is 3.94. The van der Waals surface area contributed by atoms with Crippen molar-refractivity contribution in [1.29, 1.82) is 0 Å². The van der Waals surface area contributed by atoms with E-state index in [0.29, 0.717) is 19.4 Å². The molecule has 1 atom stereocenters. The second-order valence-corrected chi connectivity index (χ2v) is 6.86. The average molecular weight is 381 g/mol. The van der Waals surface area contributed by atoms with Gasteiger partial charge in [0, 0.05) is 32.5 Å². The maximum atomic E-state index is 12.2. The van der Waals surface area contributed by atoms with Crippen LogP contribution in [-0.2, 0) is 14.4 Å². The van der Waals surface area contributed by atoms with Gasteiger partial charge in [-0.05, 0) is 44.9 Å². The molecule has 2 amide bonds. The number of unbranched alkanes of at least 4 members (excludes halogenated alkanes) is 4. The fraction of sp³-hybridized carbons (Fsp3) is 0.667. The van der Waals surface area contributed by atoms with E-state index in [1.54, 1.807) is 11.0 Å². The summed E-state index contributed by atoms with van der Waals surface area (Å²) < 4.78 is 0. The van der Waals surface area contributed by atoms with Crippen LogP contribution in [0.1, 0.15) is 64.2 Å². The van der Waals surface area contributed by atoms with Crippen LogP contribution < -0.4 is 5.32 Å². The highest BCUT2D eigenvalue weighted by atomic mass is 16.4. The zero-order valence-electron chi connectivity index (χ0n) is 16.8. The van der Waals surface area contributed by atoms with E-state index in [2.05, 4.69) is 18.5 Å². The molecule has 0 spiro atoms. The highest BCUT2D eigenvalue weighted by Gasteiger charge is 2.20. The molecule has 0 aliphatic carbocycles. The summed E-state index contributed by atoms with van der Waals surface area (Å²) in [6, 6.07) is 0. The van der Waals surface area contributed by atoms with Crippen molar-refractivity contribution in [3.63, 3.8) is 0 Å². The van der Waals surface area contributed by atoms with Crippen LogP contribution in [0.15, 0.2) is 25.3 Å². The van der Waals surface area contributed by atoms with Gasteiger partial charge in [0.2, 0.25) is 11.8 Å². The van der Waals surface area contributed by atoms with Crippen molar-refractivity contribution < 1.29 is 19.5 Å². The van der Waals surface area contributed by atoms with Gasteiger partial charge in [-0.3, -0.25) is 14.4 Å². The number of carboxylic acid groups (broad SMARTS) is 1. The molecular formula is C21H36N2O4. The van der Waals surface area contributed by atoms with Gasteiger partial charge >= 0.3 is 5.97 Å². The summed E-state index contributed by atoms with van der Waals surface area (Å²) in [5.41, 5.74) is 0. The van der Waals surface area contributed by atoms with E-state index in [1.807, 2.05) is 13.1 Å². The predicted octanol–water partition coefficient (Wildman–Crippen LogP) is 3.53. The second-order valence-electron chi connectivity index (χ2n) is 6.86. The Morgan fingerprint density at radius 2 is 1.70 bits per heavy atom. The molecule has 0 unspecified atom stereocenters. The summed E-state index contributed by atoms with van der Waals surface area (Å²) in [7, 11) is 1.82. The smallest absolute Gasteiger partial charge is 0.304 e. The van der Waals surface area contributed by atoms with Gasteiger partial charge in [0.15, 0.2) is 0 Å². The first-order chi connectivity index (χ1) is 12.9. The average Bonchev–Trinajstić information content (AvgIpc) is 2.63. The number of nitrogens with zero attached hydrogens (tertiary/aromatic N) is 1. The van der Waals surface area contributed by atoms with Gasteiger partial charge in [-0.25, -0.2) is 0 Å². The maximum Gasteiger partial charge on any atom is 0.304 e. The molecule has 0 aliphatic heterocycles.